The monoisotopic (exact) mass is 288 g/mol. The van der Waals surface area contributed by atoms with Gasteiger partial charge in [0.2, 0.25) is 5.91 Å². The summed E-state index contributed by atoms with van der Waals surface area (Å²) in [6, 6.07) is 10.9. The lowest BCUT2D eigenvalue weighted by molar-refractivity contribution is -0.132. The SMILES string of the molecule is CC(C)N(CCC1CCCCN1)C(=O)Cc1ccccc1. The molecule has 3 heteroatoms. The Balaban J connectivity index is 1.86. The summed E-state index contributed by atoms with van der Waals surface area (Å²) >= 11 is 0. The molecule has 1 aliphatic rings. The van der Waals surface area contributed by atoms with Gasteiger partial charge in [-0.1, -0.05) is 36.8 Å². The molecule has 2 rings (SSSR count). The third kappa shape index (κ3) is 5.16. The Hall–Kier alpha value is -1.35. The molecule has 1 aromatic carbocycles. The van der Waals surface area contributed by atoms with E-state index in [-0.39, 0.29) is 11.9 Å². The quantitative estimate of drug-likeness (QED) is 0.873. The molecule has 1 unspecified atom stereocenters. The van der Waals surface area contributed by atoms with Crippen LogP contribution in [0.25, 0.3) is 0 Å². The van der Waals surface area contributed by atoms with Crippen LogP contribution in [-0.4, -0.2) is 36.0 Å². The number of carbonyl (C=O) groups is 1. The van der Waals surface area contributed by atoms with Crippen LogP contribution in [-0.2, 0) is 11.2 Å². The van der Waals surface area contributed by atoms with Crippen molar-refractivity contribution < 1.29 is 4.79 Å². The summed E-state index contributed by atoms with van der Waals surface area (Å²) in [7, 11) is 0. The molecule has 1 N–H and O–H groups in total. The first-order valence-corrected chi connectivity index (χ1v) is 8.23. The summed E-state index contributed by atoms with van der Waals surface area (Å²) in [4.78, 5) is 14.6. The summed E-state index contributed by atoms with van der Waals surface area (Å²) in [5, 5.41) is 3.56. The molecule has 1 aromatic rings. The van der Waals surface area contributed by atoms with Gasteiger partial charge in [-0.15, -0.1) is 0 Å². The zero-order valence-electron chi connectivity index (χ0n) is 13.3. The largest absolute Gasteiger partial charge is 0.340 e. The number of rotatable bonds is 6. The fourth-order valence-electron chi connectivity index (χ4n) is 3.01. The molecule has 3 nitrogen and oxygen atoms in total. The van der Waals surface area contributed by atoms with Crippen molar-refractivity contribution in [2.24, 2.45) is 0 Å². The van der Waals surface area contributed by atoms with E-state index < -0.39 is 0 Å². The first-order valence-electron chi connectivity index (χ1n) is 8.23. The van der Waals surface area contributed by atoms with E-state index in [1.54, 1.807) is 0 Å². The van der Waals surface area contributed by atoms with Gasteiger partial charge >= 0.3 is 0 Å². The lowest BCUT2D eigenvalue weighted by atomic mass is 10.0. The molecule has 1 amide bonds. The second kappa shape index (κ2) is 8.18. The van der Waals surface area contributed by atoms with Crippen molar-refractivity contribution >= 4 is 5.91 Å². The second-order valence-corrected chi connectivity index (χ2v) is 6.28. The van der Waals surface area contributed by atoms with E-state index in [0.29, 0.717) is 12.5 Å². The summed E-state index contributed by atoms with van der Waals surface area (Å²) in [5.74, 6) is 0.243. The highest BCUT2D eigenvalue weighted by atomic mass is 16.2. The van der Waals surface area contributed by atoms with Crippen LogP contribution in [0.1, 0.15) is 45.1 Å². The number of benzene rings is 1. The van der Waals surface area contributed by atoms with Crippen molar-refractivity contribution in [3.05, 3.63) is 35.9 Å². The highest BCUT2D eigenvalue weighted by Gasteiger charge is 2.20. The molecule has 0 aromatic heterocycles. The first-order chi connectivity index (χ1) is 10.2. The standard InChI is InChI=1S/C18H28N2O/c1-15(2)20(13-11-17-10-6-7-12-19-17)18(21)14-16-8-4-3-5-9-16/h3-5,8-9,15,17,19H,6-7,10-14H2,1-2H3. The minimum absolute atomic E-state index is 0.243. The molecule has 0 radical (unpaired) electrons. The van der Waals surface area contributed by atoms with Crippen LogP contribution in [0.3, 0.4) is 0 Å². The molecule has 1 aliphatic heterocycles. The Bertz CT molecular complexity index is 424. The Kier molecular flexibility index (Phi) is 6.24. The number of amides is 1. The molecule has 0 spiro atoms. The third-order valence-electron chi connectivity index (χ3n) is 4.27. The van der Waals surface area contributed by atoms with Crippen molar-refractivity contribution in [3.63, 3.8) is 0 Å². The Morgan fingerprint density at radius 1 is 1.29 bits per heavy atom. The maximum absolute atomic E-state index is 12.5. The van der Waals surface area contributed by atoms with Crippen molar-refractivity contribution in [1.29, 1.82) is 0 Å². The van der Waals surface area contributed by atoms with E-state index in [9.17, 15) is 4.79 Å². The zero-order valence-corrected chi connectivity index (χ0v) is 13.3. The smallest absolute Gasteiger partial charge is 0.227 e. The molecule has 0 aliphatic carbocycles. The summed E-state index contributed by atoms with van der Waals surface area (Å²) in [6.45, 7) is 6.21. The number of piperidine rings is 1. The van der Waals surface area contributed by atoms with E-state index in [0.717, 1.165) is 25.1 Å². The lowest BCUT2D eigenvalue weighted by Crippen LogP contribution is -2.42. The van der Waals surface area contributed by atoms with Gasteiger partial charge in [0.05, 0.1) is 6.42 Å². The highest BCUT2D eigenvalue weighted by Crippen LogP contribution is 2.13. The van der Waals surface area contributed by atoms with Crippen LogP contribution in [0.5, 0.6) is 0 Å². The van der Waals surface area contributed by atoms with Gasteiger partial charge in [-0.05, 0) is 45.2 Å². The normalized spacial score (nSPS) is 18.7. The van der Waals surface area contributed by atoms with Crippen LogP contribution >= 0.6 is 0 Å². The Morgan fingerprint density at radius 3 is 2.67 bits per heavy atom. The van der Waals surface area contributed by atoms with Crippen LogP contribution < -0.4 is 5.32 Å². The fourth-order valence-corrected chi connectivity index (χ4v) is 3.01. The second-order valence-electron chi connectivity index (χ2n) is 6.28. The molecule has 116 valence electrons. The molecular weight excluding hydrogens is 260 g/mol. The molecule has 1 fully saturated rings. The van der Waals surface area contributed by atoms with Crippen molar-refractivity contribution in [3.8, 4) is 0 Å². The predicted octanol–water partition coefficient (Wildman–Crippen LogP) is 3.00. The molecule has 0 saturated carbocycles. The molecule has 1 heterocycles. The highest BCUT2D eigenvalue weighted by molar-refractivity contribution is 5.79. The number of nitrogens with zero attached hydrogens (tertiary/aromatic N) is 1. The van der Waals surface area contributed by atoms with Crippen LogP contribution in [0.2, 0.25) is 0 Å². The number of nitrogens with one attached hydrogen (secondary N) is 1. The number of carbonyl (C=O) groups excluding carboxylic acids is 1. The van der Waals surface area contributed by atoms with Crippen molar-refractivity contribution in [1.82, 2.24) is 10.2 Å². The first kappa shape index (κ1) is 16.0. The molecule has 1 atom stereocenters. The topological polar surface area (TPSA) is 32.3 Å². The van der Waals surface area contributed by atoms with Gasteiger partial charge in [0.1, 0.15) is 0 Å². The lowest BCUT2D eigenvalue weighted by Gasteiger charge is -2.30. The zero-order chi connectivity index (χ0) is 15.1. The van der Waals surface area contributed by atoms with Gasteiger partial charge < -0.3 is 10.2 Å². The van der Waals surface area contributed by atoms with Gasteiger partial charge in [0.15, 0.2) is 0 Å². The maximum Gasteiger partial charge on any atom is 0.227 e. The third-order valence-corrected chi connectivity index (χ3v) is 4.27. The van der Waals surface area contributed by atoms with Crippen molar-refractivity contribution in [2.45, 2.75) is 58.0 Å². The van der Waals surface area contributed by atoms with Crippen LogP contribution in [0.4, 0.5) is 0 Å². The minimum atomic E-state index is 0.243. The van der Waals surface area contributed by atoms with E-state index in [1.165, 1.54) is 19.3 Å². The van der Waals surface area contributed by atoms with Gasteiger partial charge in [0, 0.05) is 18.6 Å². The molecule has 21 heavy (non-hydrogen) atoms. The van der Waals surface area contributed by atoms with Gasteiger partial charge in [-0.25, -0.2) is 0 Å². The molecule has 0 bridgehead atoms. The van der Waals surface area contributed by atoms with Crippen LogP contribution in [0, 0.1) is 0 Å². The maximum atomic E-state index is 12.5. The molecular formula is C18H28N2O. The predicted molar refractivity (Wildman–Crippen MR) is 87.3 cm³/mol. The van der Waals surface area contributed by atoms with E-state index in [4.69, 9.17) is 0 Å². The summed E-state index contributed by atoms with van der Waals surface area (Å²) in [6.07, 6.45) is 5.43. The molecule has 1 saturated heterocycles. The Morgan fingerprint density at radius 2 is 2.05 bits per heavy atom. The average Bonchev–Trinajstić information content (AvgIpc) is 2.49. The van der Waals surface area contributed by atoms with Crippen molar-refractivity contribution in [2.75, 3.05) is 13.1 Å². The average molecular weight is 288 g/mol. The van der Waals surface area contributed by atoms with Gasteiger partial charge in [0.25, 0.3) is 0 Å². The van der Waals surface area contributed by atoms with E-state index in [1.807, 2.05) is 35.2 Å². The van der Waals surface area contributed by atoms with Gasteiger partial charge in [-0.3, -0.25) is 4.79 Å². The van der Waals surface area contributed by atoms with Gasteiger partial charge in [-0.2, -0.15) is 0 Å². The fraction of sp³-hybridized carbons (Fsp3) is 0.611. The summed E-state index contributed by atoms with van der Waals surface area (Å²) < 4.78 is 0. The summed E-state index contributed by atoms with van der Waals surface area (Å²) in [5.41, 5.74) is 1.10. The number of hydrogen-bond acceptors (Lipinski definition) is 2. The van der Waals surface area contributed by atoms with Crippen LogP contribution in [0.15, 0.2) is 30.3 Å². The number of hydrogen-bond donors (Lipinski definition) is 1. The minimum Gasteiger partial charge on any atom is -0.340 e. The Labute approximate surface area is 128 Å². The van der Waals surface area contributed by atoms with E-state index >= 15 is 0 Å². The van der Waals surface area contributed by atoms with E-state index in [2.05, 4.69) is 19.2 Å².